The molecule has 2 fully saturated rings. The van der Waals surface area contributed by atoms with E-state index in [9.17, 15) is 74.2 Å². The Morgan fingerprint density at radius 1 is 0.651 bits per heavy atom. The third-order valence-corrected chi connectivity index (χ3v) is 28.3. The van der Waals surface area contributed by atoms with Crippen LogP contribution in [0.5, 0.6) is 0 Å². The third kappa shape index (κ3) is 19.3. The van der Waals surface area contributed by atoms with Gasteiger partial charge in [0.05, 0.1) is 45.6 Å². The van der Waals surface area contributed by atoms with Gasteiger partial charge in [0.1, 0.15) is 28.3 Å². The Kier molecular flexibility index (Phi) is 26.6. The lowest BCUT2D eigenvalue weighted by Crippen LogP contribution is -2.58. The number of Topliss-reactive ketones (excluding diaryl/α,β-unsaturated/α-hetero) is 1. The van der Waals surface area contributed by atoms with Gasteiger partial charge >= 0.3 is 5.97 Å². The number of rotatable bonds is 30. The summed E-state index contributed by atoms with van der Waals surface area (Å²) < 4.78 is 110. The highest BCUT2D eigenvalue weighted by Crippen LogP contribution is 2.53. The number of hydrogen-bond donors (Lipinski definition) is 9. The number of ketones is 1. The fraction of sp³-hybridized carbons (Fsp3) is 0.370. The zero-order valence-corrected chi connectivity index (χ0v) is 73.8. The number of allylic oxidation sites excluding steroid dienone is 2. The Bertz CT molecular complexity index is 6340. The molecule has 662 valence electrons. The lowest BCUT2D eigenvalue weighted by molar-refractivity contribution is -0.144. The number of anilines is 4. The molecule has 14 rings (SSSR count). The van der Waals surface area contributed by atoms with Crippen molar-refractivity contribution in [3.05, 3.63) is 196 Å². The van der Waals surface area contributed by atoms with Crippen molar-refractivity contribution in [3.8, 4) is 22.5 Å². The second kappa shape index (κ2) is 37.1. The van der Waals surface area contributed by atoms with Crippen molar-refractivity contribution >= 4 is 145 Å². The van der Waals surface area contributed by atoms with Gasteiger partial charge < -0.3 is 56.1 Å². The van der Waals surface area contributed by atoms with Crippen LogP contribution in [-0.2, 0) is 86.9 Å². The van der Waals surface area contributed by atoms with Gasteiger partial charge in [0.2, 0.25) is 56.5 Å². The topological polar surface area (TPSA) is 418 Å². The monoisotopic (exact) mass is 1790 g/mol. The third-order valence-electron chi connectivity index (χ3n) is 24.3. The fourth-order valence-corrected chi connectivity index (χ4v) is 21.3. The zero-order valence-electron chi connectivity index (χ0n) is 70.6. The molecule has 2 saturated heterocycles. The van der Waals surface area contributed by atoms with Gasteiger partial charge in [-0.2, -0.15) is 25.7 Å². The molecule has 7 amide bonds. The van der Waals surface area contributed by atoms with Gasteiger partial charge in [0.15, 0.2) is 12.3 Å². The number of carbonyl (C=O) groups excluding carboxylic acids is 8. The van der Waals surface area contributed by atoms with E-state index in [1.54, 1.807) is 39.0 Å². The van der Waals surface area contributed by atoms with Crippen molar-refractivity contribution < 1.29 is 87.0 Å². The van der Waals surface area contributed by atoms with Crippen LogP contribution in [0.15, 0.2) is 183 Å². The molecule has 1 aliphatic carbocycles. The van der Waals surface area contributed by atoms with Gasteiger partial charge in [0.25, 0.3) is 26.1 Å². The van der Waals surface area contributed by atoms with Gasteiger partial charge in [-0.25, -0.2) is 8.42 Å². The van der Waals surface area contributed by atoms with E-state index in [1.165, 1.54) is 50.7 Å². The molecule has 0 bridgehead atoms. The Labute approximate surface area is 735 Å². The minimum absolute atomic E-state index is 0.00331. The zero-order chi connectivity index (χ0) is 90.1. The fourth-order valence-electron chi connectivity index (χ4n) is 18.1. The number of para-hydroxylation sites is 2. The number of carbonyl (C=O) groups is 9. The van der Waals surface area contributed by atoms with Gasteiger partial charge in [-0.1, -0.05) is 119 Å². The number of nitrogens with one attached hydrogen (secondary N) is 6. The Balaban J connectivity index is 0.528. The van der Waals surface area contributed by atoms with Crippen LogP contribution in [0.4, 0.5) is 28.4 Å². The van der Waals surface area contributed by atoms with Crippen LogP contribution in [0, 0.1) is 11.3 Å². The van der Waals surface area contributed by atoms with Crippen molar-refractivity contribution in [1.29, 1.82) is 0 Å². The number of aliphatic carboxylic acids is 1. The van der Waals surface area contributed by atoms with Crippen LogP contribution in [0.25, 0.3) is 44.2 Å². The highest BCUT2D eigenvalue weighted by Gasteiger charge is 2.45. The van der Waals surface area contributed by atoms with E-state index < -0.39 is 142 Å². The summed E-state index contributed by atoms with van der Waals surface area (Å²) in [6.45, 7) is 12.4. The van der Waals surface area contributed by atoms with Crippen LogP contribution in [0.3, 0.4) is 0 Å². The summed E-state index contributed by atoms with van der Waals surface area (Å²) in [6, 6.07) is 40.9. The molecule has 7 aromatic carbocycles. The number of fused-ring (bicyclic) bond motifs is 7. The molecule has 0 unspecified atom stereocenters. The summed E-state index contributed by atoms with van der Waals surface area (Å²) >= 11 is 6.68. The molecular formula is C92H101ClN11O19S3+. The predicted octanol–water partition coefficient (Wildman–Crippen LogP) is 11.0. The van der Waals surface area contributed by atoms with Crippen molar-refractivity contribution in [2.75, 3.05) is 74.0 Å². The molecule has 0 radical (unpaired) electrons. The molecule has 7 aromatic rings. The molecular weight excluding hydrogens is 1690 g/mol. The van der Waals surface area contributed by atoms with E-state index in [-0.39, 0.29) is 103 Å². The summed E-state index contributed by atoms with van der Waals surface area (Å²) in [5, 5.41) is 27.7. The maximum Gasteiger partial charge on any atom is 0.305 e. The molecule has 126 heavy (non-hydrogen) atoms. The van der Waals surface area contributed by atoms with Crippen LogP contribution < -0.4 is 51.6 Å². The molecule has 3 atom stereocenters. The average Bonchev–Trinajstić information content (AvgIpc) is 1.50. The second-order valence-corrected chi connectivity index (χ2v) is 39.1. The quantitative estimate of drug-likeness (QED) is 0.00874. The Morgan fingerprint density at radius 3 is 2.07 bits per heavy atom. The number of benzene rings is 8. The Hall–Kier alpha value is -11.7. The number of hydrogen-bond acceptors (Lipinski definition) is 18. The summed E-state index contributed by atoms with van der Waals surface area (Å²) in [7, 11) is -14.0. The van der Waals surface area contributed by atoms with Crippen molar-refractivity contribution in [2.24, 2.45) is 11.3 Å². The summed E-state index contributed by atoms with van der Waals surface area (Å²) in [5.74, 6) is -6.42. The smallest absolute Gasteiger partial charge is 0.305 e. The summed E-state index contributed by atoms with van der Waals surface area (Å²) in [5.41, 5.74) is 8.67. The van der Waals surface area contributed by atoms with E-state index >= 15 is 8.42 Å². The molecule has 0 saturated carbocycles. The first-order valence-corrected chi connectivity index (χ1v) is 46.8. The first kappa shape index (κ1) is 90.5. The standard InChI is InChI=1S/C92H100ClN11O19S3/c1-7-79-92(5,6)85-66-51-61(125(117,118)119)52-78(126(120,121)122)62(66)31-33-72(85)103(79)42-16-8-9-25-80(106)94-40-41-95-81(107)35-34-74(105)69(53-83(109)110)98-89(113)73-23-17-43-104(73)90(114)86(91(2,3)4)99-88(112)58-26-32-68(67(93)48-58)97-82(108)54-96-87(111)57-36-44-100(45-37-57)124(115,116)77-24-15-12-20-65(77)84-63-29-27-59(101-46-38-55-18-10-13-21-70(55)101)49-75(63)123-76-50-60(28-30-64(76)84)102-47-39-56-19-11-14-22-71(56)102/h7,10-15,18-22,24,26-33,48-52,57,69,73,86H,8-9,16-17,23,25,34-47,53-54H2,1-6H3,(H8-,94,95,96,97,98,99,106,107,108,109,110,111,112,113,117,118,119,120,121,122)/p+1/b79-7-/t69-,73-,86+/m0/s1. The maximum atomic E-state index is 15.1. The molecule has 0 spiro atoms. The van der Waals surface area contributed by atoms with E-state index in [2.05, 4.69) is 77.8 Å². The molecule has 34 heteroatoms. The van der Waals surface area contributed by atoms with Gasteiger partial charge in [-0.05, 0) is 141 Å². The number of sulfonamides is 1. The summed E-state index contributed by atoms with van der Waals surface area (Å²) in [6.07, 6.45) is 4.64. The minimum Gasteiger partial charge on any atom is -0.481 e. The predicted molar refractivity (Wildman–Crippen MR) is 476 cm³/mol. The van der Waals surface area contributed by atoms with E-state index in [0.717, 1.165) is 65.0 Å². The largest absolute Gasteiger partial charge is 0.481 e. The molecule has 30 nitrogen and oxygen atoms in total. The van der Waals surface area contributed by atoms with Crippen molar-refractivity contribution in [3.63, 3.8) is 0 Å². The first-order chi connectivity index (χ1) is 59.9. The first-order valence-electron chi connectivity index (χ1n) is 42.1. The number of halogens is 1. The lowest BCUT2D eigenvalue weighted by Gasteiger charge is -2.35. The van der Waals surface area contributed by atoms with Crippen LogP contribution in [0.2, 0.25) is 5.02 Å². The maximum absolute atomic E-state index is 15.1. The molecule has 6 heterocycles. The number of carboxylic acid groups (broad SMARTS) is 1. The van der Waals surface area contributed by atoms with E-state index in [4.69, 9.17) is 16.0 Å². The van der Waals surface area contributed by atoms with Crippen LogP contribution >= 0.6 is 11.6 Å². The van der Waals surface area contributed by atoms with Gasteiger partial charge in [0, 0.05) is 162 Å². The minimum atomic E-state index is -4.91. The highest BCUT2D eigenvalue weighted by molar-refractivity contribution is 7.89. The number of nitrogens with zero attached hydrogens (tertiary/aromatic N) is 5. The number of piperidine rings is 1. The number of amides is 7. The Morgan fingerprint density at radius 2 is 1.36 bits per heavy atom. The van der Waals surface area contributed by atoms with E-state index in [0.29, 0.717) is 72.0 Å². The average molecular weight is 1800 g/mol. The molecule has 6 aliphatic heterocycles. The van der Waals surface area contributed by atoms with Crippen molar-refractivity contribution in [2.45, 2.75) is 163 Å². The molecule has 7 aliphatic rings. The normalized spacial score (nSPS) is 17.2. The molecule has 9 N–H and O–H groups in total. The lowest BCUT2D eigenvalue weighted by atomic mass is 9.81. The number of carboxylic acids is 1. The van der Waals surface area contributed by atoms with Gasteiger partial charge in [-0.3, -0.25) is 52.3 Å². The van der Waals surface area contributed by atoms with Gasteiger partial charge in [-0.15, -0.1) is 0 Å². The summed E-state index contributed by atoms with van der Waals surface area (Å²) in [4.78, 5) is 126. The SMILES string of the molecule is C/C=C1\N(CCCCCC(=O)NCCNC(=O)CCC(=O)[C@H](CC(=O)O)NC(=O)[C@@H]2CCCN2C(=O)[C@@H](NC(=O)c2ccc(NC(=O)CNC(=O)C3CCN(S(=O)(=O)c4ccccc4-c4c5cc/c(=[N+]6/CCc7ccccc76)cc-5oc5cc(N6CCc7ccccc76)ccc45)CC3)c(Cl)c2)C(C)(C)C)c2ccc3c(S(=O)(=O)O)cc(S(=O)(=O)O)cc3c2C1(C)C. The molecule has 0 aromatic heterocycles. The number of likely N-dealkylation sites (tertiary alicyclic amines) is 1. The second-order valence-electron chi connectivity index (χ2n) is 34.0. The van der Waals surface area contributed by atoms with Crippen molar-refractivity contribution in [1.82, 2.24) is 40.4 Å². The van der Waals surface area contributed by atoms with Crippen LogP contribution in [-0.4, -0.2) is 179 Å². The number of unbranched alkanes of at least 4 members (excludes halogenated alkanes) is 2. The highest BCUT2D eigenvalue weighted by atomic mass is 35.5. The van der Waals surface area contributed by atoms with Crippen LogP contribution in [0.1, 0.15) is 139 Å². The van der Waals surface area contributed by atoms with E-state index in [1.807, 2.05) is 92.4 Å².